The maximum atomic E-state index is 12.1. The number of phenolic OH excluding ortho intramolecular Hbond substituents is 1. The summed E-state index contributed by atoms with van der Waals surface area (Å²) in [6.07, 6.45) is 5.09. The molecule has 0 aliphatic rings. The van der Waals surface area contributed by atoms with Gasteiger partial charge in [-0.2, -0.15) is 5.90 Å². The Kier molecular flexibility index (Phi) is 9.25. The van der Waals surface area contributed by atoms with E-state index in [-0.39, 0.29) is 17.5 Å². The average molecular weight is 531 g/mol. The van der Waals surface area contributed by atoms with Gasteiger partial charge in [0.1, 0.15) is 5.75 Å². The minimum atomic E-state index is -0.390. The van der Waals surface area contributed by atoms with Crippen molar-refractivity contribution in [3.8, 4) is 5.75 Å². The molecule has 0 aliphatic heterocycles. The highest BCUT2D eigenvalue weighted by Gasteiger charge is 2.14. The minimum absolute atomic E-state index is 0.0272. The van der Waals surface area contributed by atoms with Crippen molar-refractivity contribution in [3.63, 3.8) is 0 Å². The molecule has 0 unspecified atom stereocenters. The van der Waals surface area contributed by atoms with E-state index in [9.17, 15) is 14.7 Å². The number of phenols is 1. The number of nitrogens with two attached hydrogens (primary N) is 1. The van der Waals surface area contributed by atoms with Crippen LogP contribution in [-0.2, 0) is 9.63 Å². The molecule has 0 saturated heterocycles. The Morgan fingerprint density at radius 1 is 1.05 bits per heavy atom. The zero-order valence-electron chi connectivity index (χ0n) is 12.1. The summed E-state index contributed by atoms with van der Waals surface area (Å²) < 4.78 is 1.63. The first-order valence-electron chi connectivity index (χ1n) is 7.06. The summed E-state index contributed by atoms with van der Waals surface area (Å²) in [4.78, 5) is 27.0. The van der Waals surface area contributed by atoms with Gasteiger partial charge in [-0.25, -0.2) is 0 Å². The van der Waals surface area contributed by atoms with Crippen LogP contribution in [0.3, 0.4) is 0 Å². The van der Waals surface area contributed by atoms with Crippen LogP contribution in [-0.4, -0.2) is 16.9 Å². The van der Waals surface area contributed by atoms with E-state index in [0.29, 0.717) is 22.0 Å². The molecule has 0 radical (unpaired) electrons. The van der Waals surface area contributed by atoms with Gasteiger partial charge in [-0.15, -0.1) is 0 Å². The van der Waals surface area contributed by atoms with Crippen LogP contribution in [0.2, 0.25) is 0 Å². The van der Waals surface area contributed by atoms with E-state index in [1.807, 2.05) is 28.7 Å². The number of hydrogen-bond donors (Lipinski definition) is 2. The molecular weight excluding hydrogens is 512 g/mol. The van der Waals surface area contributed by atoms with Crippen molar-refractivity contribution in [2.24, 2.45) is 5.90 Å². The van der Waals surface area contributed by atoms with Crippen molar-refractivity contribution >= 4 is 56.9 Å². The molecule has 0 heterocycles. The topological polar surface area (TPSA) is 89.6 Å². The molecule has 0 fully saturated rings. The molecule has 5 nitrogen and oxygen atoms in total. The summed E-state index contributed by atoms with van der Waals surface area (Å²) in [5, 5.41) is 9.95. The summed E-state index contributed by atoms with van der Waals surface area (Å²) in [7, 11) is 0. The van der Waals surface area contributed by atoms with E-state index in [0.717, 1.165) is 35.7 Å². The molecule has 0 aliphatic carbocycles. The fourth-order valence-electron chi connectivity index (χ4n) is 2.06. The van der Waals surface area contributed by atoms with Gasteiger partial charge in [0, 0.05) is 16.4 Å². The lowest BCUT2D eigenvalue weighted by atomic mass is 10.0. The van der Waals surface area contributed by atoms with Gasteiger partial charge in [0.25, 0.3) is 0 Å². The summed E-state index contributed by atoms with van der Waals surface area (Å²) in [5.74, 6) is 4.41. The van der Waals surface area contributed by atoms with Crippen LogP contribution in [0.5, 0.6) is 5.75 Å². The Bertz CT molecular complexity index is 535. The highest BCUT2D eigenvalue weighted by atomic mass is 127. The third kappa shape index (κ3) is 6.78. The fourth-order valence-corrected chi connectivity index (χ4v) is 3.90. The highest BCUT2D eigenvalue weighted by molar-refractivity contribution is 14.1. The maximum absolute atomic E-state index is 12.1. The monoisotopic (exact) mass is 531 g/mol. The van der Waals surface area contributed by atoms with Crippen molar-refractivity contribution in [2.75, 3.05) is 0 Å². The standard InChI is InChI=1S/C15H19I2NO4/c16-10-8-11(15(21)12(17)9-10)13(19)6-4-2-1-3-5-7-14(20)22-18/h8-9,21H,1-7,18H2. The molecule has 22 heavy (non-hydrogen) atoms. The molecule has 1 rings (SSSR count). The second-order valence-electron chi connectivity index (χ2n) is 4.96. The van der Waals surface area contributed by atoms with Gasteiger partial charge in [0.05, 0.1) is 9.13 Å². The first-order chi connectivity index (χ1) is 10.5. The number of hydrogen-bond acceptors (Lipinski definition) is 5. The smallest absolute Gasteiger partial charge is 0.324 e. The predicted octanol–water partition coefficient (Wildman–Crippen LogP) is 3.93. The second-order valence-corrected chi connectivity index (χ2v) is 7.37. The maximum Gasteiger partial charge on any atom is 0.324 e. The van der Waals surface area contributed by atoms with Crippen LogP contribution in [0.25, 0.3) is 0 Å². The third-order valence-electron chi connectivity index (χ3n) is 3.24. The van der Waals surface area contributed by atoms with E-state index in [2.05, 4.69) is 27.4 Å². The van der Waals surface area contributed by atoms with Gasteiger partial charge in [-0.3, -0.25) is 9.59 Å². The number of ketones is 1. The second kappa shape index (κ2) is 10.4. The van der Waals surface area contributed by atoms with Gasteiger partial charge in [-0.05, 0) is 70.2 Å². The fraction of sp³-hybridized carbons (Fsp3) is 0.467. The predicted molar refractivity (Wildman–Crippen MR) is 100 cm³/mol. The van der Waals surface area contributed by atoms with Crippen LogP contribution in [0, 0.1) is 7.14 Å². The van der Waals surface area contributed by atoms with E-state index in [1.165, 1.54) is 0 Å². The third-order valence-corrected chi connectivity index (χ3v) is 4.69. The van der Waals surface area contributed by atoms with E-state index in [4.69, 9.17) is 5.90 Å². The van der Waals surface area contributed by atoms with E-state index >= 15 is 0 Å². The molecule has 0 amide bonds. The number of carbonyl (C=O) groups is 2. The van der Waals surface area contributed by atoms with Crippen LogP contribution >= 0.6 is 45.2 Å². The molecule has 1 aromatic rings. The van der Waals surface area contributed by atoms with Gasteiger partial charge in [0.2, 0.25) is 0 Å². The van der Waals surface area contributed by atoms with Gasteiger partial charge >= 0.3 is 5.97 Å². The van der Waals surface area contributed by atoms with Gasteiger partial charge < -0.3 is 9.94 Å². The first-order valence-corrected chi connectivity index (χ1v) is 9.22. The summed E-state index contributed by atoms with van der Waals surface area (Å²) in [6, 6.07) is 3.55. The first kappa shape index (κ1) is 19.6. The lowest BCUT2D eigenvalue weighted by Gasteiger charge is -2.07. The highest BCUT2D eigenvalue weighted by Crippen LogP contribution is 2.28. The number of Topliss-reactive ketones (excluding diaryl/α,β-unsaturated/α-hetero) is 1. The molecule has 7 heteroatoms. The number of rotatable bonds is 9. The number of aromatic hydroxyl groups is 1. The number of unbranched alkanes of at least 4 members (excludes halogenated alkanes) is 4. The summed E-state index contributed by atoms with van der Waals surface area (Å²) >= 11 is 4.16. The largest absolute Gasteiger partial charge is 0.506 e. The molecule has 3 N–H and O–H groups in total. The van der Waals surface area contributed by atoms with Crippen molar-refractivity contribution in [1.82, 2.24) is 0 Å². The Balaban J connectivity index is 2.28. The summed E-state index contributed by atoms with van der Waals surface area (Å²) in [5.41, 5.74) is 0.405. The zero-order valence-corrected chi connectivity index (χ0v) is 16.4. The Morgan fingerprint density at radius 2 is 1.64 bits per heavy atom. The number of benzene rings is 1. The SMILES string of the molecule is NOC(=O)CCCCCCCC(=O)c1cc(I)cc(I)c1O. The zero-order chi connectivity index (χ0) is 16.5. The van der Waals surface area contributed by atoms with Crippen molar-refractivity contribution < 1.29 is 19.5 Å². The lowest BCUT2D eigenvalue weighted by Crippen LogP contribution is -2.09. The van der Waals surface area contributed by atoms with E-state index in [1.54, 1.807) is 6.07 Å². The van der Waals surface area contributed by atoms with Gasteiger partial charge in [-0.1, -0.05) is 19.3 Å². The molecule has 122 valence electrons. The Morgan fingerprint density at radius 3 is 2.27 bits per heavy atom. The van der Waals surface area contributed by atoms with Crippen LogP contribution in [0.15, 0.2) is 12.1 Å². The normalized spacial score (nSPS) is 10.5. The molecule has 0 saturated carbocycles. The summed E-state index contributed by atoms with van der Waals surface area (Å²) in [6.45, 7) is 0. The Labute approximate surface area is 157 Å². The van der Waals surface area contributed by atoms with Gasteiger partial charge in [0.15, 0.2) is 5.78 Å². The molecule has 1 aromatic carbocycles. The van der Waals surface area contributed by atoms with Crippen LogP contribution < -0.4 is 5.90 Å². The molecule has 0 bridgehead atoms. The quantitative estimate of drug-likeness (QED) is 0.218. The lowest BCUT2D eigenvalue weighted by molar-refractivity contribution is -0.144. The average Bonchev–Trinajstić information content (AvgIpc) is 2.49. The van der Waals surface area contributed by atoms with Crippen molar-refractivity contribution in [3.05, 3.63) is 24.8 Å². The van der Waals surface area contributed by atoms with Crippen molar-refractivity contribution in [2.45, 2.75) is 44.9 Å². The van der Waals surface area contributed by atoms with Crippen LogP contribution in [0.4, 0.5) is 0 Å². The molecule has 0 spiro atoms. The Hall–Kier alpha value is -0.420. The minimum Gasteiger partial charge on any atom is -0.506 e. The van der Waals surface area contributed by atoms with Crippen LogP contribution in [0.1, 0.15) is 55.3 Å². The number of carbonyl (C=O) groups excluding carboxylic acids is 2. The van der Waals surface area contributed by atoms with E-state index < -0.39 is 0 Å². The van der Waals surface area contributed by atoms with Crippen molar-refractivity contribution in [1.29, 1.82) is 0 Å². The number of halogens is 2. The molecular formula is C15H19I2NO4. The molecule has 0 atom stereocenters. The molecule has 0 aromatic heterocycles.